The van der Waals surface area contributed by atoms with Gasteiger partial charge in [0.15, 0.2) is 0 Å². The van der Waals surface area contributed by atoms with Crippen molar-refractivity contribution in [3.8, 4) is 11.1 Å². The van der Waals surface area contributed by atoms with Gasteiger partial charge in [-0.25, -0.2) is 18.1 Å². The van der Waals surface area contributed by atoms with E-state index < -0.39 is 33.6 Å². The van der Waals surface area contributed by atoms with Crippen LogP contribution in [0, 0.1) is 5.95 Å². The molecule has 3 rings (SSSR count). The summed E-state index contributed by atoms with van der Waals surface area (Å²) in [6, 6.07) is 16.7. The zero-order valence-corrected chi connectivity index (χ0v) is 17.4. The highest BCUT2D eigenvalue weighted by Gasteiger charge is 2.30. The number of carbonyl (C=O) groups is 1. The number of nitrogens with zero attached hydrogens (tertiary/aromatic N) is 1. The van der Waals surface area contributed by atoms with Crippen molar-refractivity contribution in [3.63, 3.8) is 0 Å². The number of hydrogen-bond acceptors (Lipinski definition) is 4. The molecular formula is C22H18F4N2O3S. The molecule has 168 valence electrons. The molecule has 0 aliphatic carbocycles. The summed E-state index contributed by atoms with van der Waals surface area (Å²) in [5.41, 5.74) is 1.78. The lowest BCUT2D eigenvalue weighted by Gasteiger charge is -2.14. The average Bonchev–Trinajstić information content (AvgIpc) is 2.72. The number of sulfonamides is 1. The fourth-order valence-corrected chi connectivity index (χ4v) is 4.13. The van der Waals surface area contributed by atoms with Gasteiger partial charge in [0, 0.05) is 12.8 Å². The lowest BCUT2D eigenvalue weighted by atomic mass is 9.95. The fraction of sp³-hybridized carbons (Fsp3) is 0.182. The first-order chi connectivity index (χ1) is 15.0. The summed E-state index contributed by atoms with van der Waals surface area (Å²) >= 11 is 0. The molecule has 0 aliphatic rings. The van der Waals surface area contributed by atoms with Gasteiger partial charge in [-0.3, -0.25) is 4.79 Å². The topological polar surface area (TPSA) is 76.1 Å². The normalized spacial score (nSPS) is 12.0. The monoisotopic (exact) mass is 466 g/mol. The van der Waals surface area contributed by atoms with Gasteiger partial charge in [0.1, 0.15) is 12.3 Å². The van der Waals surface area contributed by atoms with Crippen LogP contribution >= 0.6 is 0 Å². The lowest BCUT2D eigenvalue weighted by molar-refractivity contribution is -0.121. The molecule has 1 N–H and O–H groups in total. The van der Waals surface area contributed by atoms with Crippen LogP contribution in [0.4, 0.5) is 17.6 Å². The van der Waals surface area contributed by atoms with E-state index in [2.05, 4.69) is 4.98 Å². The maximum absolute atomic E-state index is 13.3. The largest absolute Gasteiger partial charge is 0.402 e. The number of alkyl halides is 3. The van der Waals surface area contributed by atoms with Gasteiger partial charge in [0.05, 0.1) is 10.6 Å². The van der Waals surface area contributed by atoms with Crippen LogP contribution in [-0.2, 0) is 27.7 Å². The van der Waals surface area contributed by atoms with Crippen molar-refractivity contribution in [2.24, 2.45) is 0 Å². The van der Waals surface area contributed by atoms with E-state index in [-0.39, 0.29) is 24.3 Å². The molecule has 0 saturated carbocycles. The summed E-state index contributed by atoms with van der Waals surface area (Å²) < 4.78 is 76.9. The maximum Gasteiger partial charge on any atom is 0.402 e. The Bertz CT molecular complexity index is 1210. The molecule has 0 radical (unpaired) electrons. The first kappa shape index (κ1) is 23.6. The van der Waals surface area contributed by atoms with E-state index in [9.17, 15) is 30.8 Å². The molecule has 0 fully saturated rings. The third-order valence-electron chi connectivity index (χ3n) is 4.47. The highest BCUT2D eigenvalue weighted by molar-refractivity contribution is 7.89. The number of ketones is 1. The number of aromatic nitrogens is 1. The Morgan fingerprint density at radius 2 is 1.66 bits per heavy atom. The summed E-state index contributed by atoms with van der Waals surface area (Å²) in [4.78, 5) is 15.9. The molecule has 0 spiro atoms. The Morgan fingerprint density at radius 1 is 0.938 bits per heavy atom. The average molecular weight is 466 g/mol. The number of benzene rings is 2. The van der Waals surface area contributed by atoms with Crippen LogP contribution in [0.25, 0.3) is 11.1 Å². The third-order valence-corrected chi connectivity index (χ3v) is 5.87. The Hall–Kier alpha value is -3.11. The molecule has 0 amide bonds. The van der Waals surface area contributed by atoms with Gasteiger partial charge in [-0.2, -0.15) is 17.6 Å². The summed E-state index contributed by atoms with van der Waals surface area (Å²) in [7, 11) is -4.46. The Labute approximate surface area is 182 Å². The summed E-state index contributed by atoms with van der Waals surface area (Å²) in [6.07, 6.45) is -5.12. The molecule has 0 saturated heterocycles. The number of Topliss-reactive ketones (excluding diaryl/α,β-unsaturated/α-hetero) is 1. The molecule has 0 bridgehead atoms. The van der Waals surface area contributed by atoms with Crippen LogP contribution in [-0.4, -0.2) is 31.9 Å². The van der Waals surface area contributed by atoms with Crippen molar-refractivity contribution >= 4 is 15.8 Å². The molecule has 10 heteroatoms. The molecule has 0 unspecified atom stereocenters. The Morgan fingerprint density at radius 3 is 2.31 bits per heavy atom. The second kappa shape index (κ2) is 9.58. The molecule has 3 aromatic rings. The Kier molecular flexibility index (Phi) is 7.05. The number of rotatable bonds is 8. The molecule has 32 heavy (non-hydrogen) atoms. The van der Waals surface area contributed by atoms with Gasteiger partial charge in [-0.05, 0) is 41.0 Å². The van der Waals surface area contributed by atoms with E-state index in [1.165, 1.54) is 35.1 Å². The van der Waals surface area contributed by atoms with Gasteiger partial charge in [0.2, 0.25) is 16.0 Å². The van der Waals surface area contributed by atoms with Crippen molar-refractivity contribution in [3.05, 3.63) is 83.9 Å². The zero-order chi connectivity index (χ0) is 23.4. The number of halogens is 4. The second-order valence-electron chi connectivity index (χ2n) is 6.97. The minimum atomic E-state index is -4.71. The fourth-order valence-electron chi connectivity index (χ4n) is 3.07. The lowest BCUT2D eigenvalue weighted by Crippen LogP contribution is -2.33. The number of nitrogens with one attached hydrogen (secondary N) is 1. The quantitative estimate of drug-likeness (QED) is 0.401. The minimum Gasteiger partial charge on any atom is -0.299 e. The molecule has 1 heterocycles. The van der Waals surface area contributed by atoms with Crippen molar-refractivity contribution in [1.29, 1.82) is 0 Å². The van der Waals surface area contributed by atoms with Gasteiger partial charge in [0.25, 0.3) is 0 Å². The highest BCUT2D eigenvalue weighted by Crippen LogP contribution is 2.27. The first-order valence-electron chi connectivity index (χ1n) is 9.41. The first-order valence-corrected chi connectivity index (χ1v) is 10.9. The third kappa shape index (κ3) is 6.44. The van der Waals surface area contributed by atoms with E-state index in [0.717, 1.165) is 6.07 Å². The van der Waals surface area contributed by atoms with Crippen LogP contribution in [0.3, 0.4) is 0 Å². The number of hydrogen-bond donors (Lipinski definition) is 1. The zero-order valence-electron chi connectivity index (χ0n) is 16.6. The van der Waals surface area contributed by atoms with Crippen LogP contribution in [0.5, 0.6) is 0 Å². The van der Waals surface area contributed by atoms with E-state index in [1.54, 1.807) is 30.3 Å². The maximum atomic E-state index is 13.3. The van der Waals surface area contributed by atoms with Gasteiger partial charge in [-0.1, -0.05) is 42.5 Å². The number of pyridine rings is 1. The van der Waals surface area contributed by atoms with Crippen LogP contribution < -0.4 is 4.72 Å². The predicted molar refractivity (Wildman–Crippen MR) is 110 cm³/mol. The molecular weight excluding hydrogens is 448 g/mol. The Balaban J connectivity index is 1.93. The van der Waals surface area contributed by atoms with E-state index >= 15 is 0 Å². The van der Waals surface area contributed by atoms with Gasteiger partial charge in [-0.15, -0.1) is 0 Å². The summed E-state index contributed by atoms with van der Waals surface area (Å²) in [5.74, 6) is -1.10. The molecule has 0 atom stereocenters. The minimum absolute atomic E-state index is 0.185. The number of carbonyl (C=O) groups excluding carboxylic acids is 1. The van der Waals surface area contributed by atoms with Crippen molar-refractivity contribution in [2.75, 3.05) is 6.54 Å². The molecule has 0 aliphatic heterocycles. The summed E-state index contributed by atoms with van der Waals surface area (Å²) in [5, 5.41) is 0. The van der Waals surface area contributed by atoms with E-state index in [1.807, 2.05) is 0 Å². The SMILES string of the molecule is O=C(Cc1cccc(F)n1)Cc1cc(S(=O)(=O)NCC(F)(F)F)ccc1-c1ccccc1. The standard InChI is InChI=1S/C22H18F4N2O3S/c23-21-8-4-7-17(28-21)13-18(29)11-16-12-19(32(30,31)27-14-22(24,25)26)9-10-20(16)15-5-2-1-3-6-15/h1-10,12,27H,11,13-14H2. The predicted octanol–water partition coefficient (Wildman–Crippen LogP) is 4.08. The van der Waals surface area contributed by atoms with Gasteiger partial charge < -0.3 is 0 Å². The molecule has 5 nitrogen and oxygen atoms in total. The smallest absolute Gasteiger partial charge is 0.299 e. The van der Waals surface area contributed by atoms with Crippen molar-refractivity contribution in [2.45, 2.75) is 23.9 Å². The van der Waals surface area contributed by atoms with Gasteiger partial charge >= 0.3 is 6.18 Å². The van der Waals surface area contributed by atoms with Crippen LogP contribution in [0.1, 0.15) is 11.3 Å². The van der Waals surface area contributed by atoms with E-state index in [4.69, 9.17) is 0 Å². The van der Waals surface area contributed by atoms with Crippen LogP contribution in [0.15, 0.2) is 71.6 Å². The highest BCUT2D eigenvalue weighted by atomic mass is 32.2. The molecule has 1 aromatic heterocycles. The summed E-state index contributed by atoms with van der Waals surface area (Å²) in [6.45, 7) is -1.71. The second-order valence-corrected chi connectivity index (χ2v) is 8.74. The van der Waals surface area contributed by atoms with E-state index in [0.29, 0.717) is 16.7 Å². The van der Waals surface area contributed by atoms with Crippen molar-refractivity contribution in [1.82, 2.24) is 9.71 Å². The van der Waals surface area contributed by atoms with Crippen LogP contribution in [0.2, 0.25) is 0 Å². The molecule has 2 aromatic carbocycles. The van der Waals surface area contributed by atoms with Crippen molar-refractivity contribution < 1.29 is 30.8 Å².